The quantitative estimate of drug-likeness (QED) is 0.876. The normalized spacial score (nSPS) is 16.6. The van der Waals surface area contributed by atoms with Gasteiger partial charge in [-0.15, -0.1) is 0 Å². The average Bonchev–Trinajstić information content (AvgIpc) is 3.29. The topological polar surface area (TPSA) is 71.9 Å². The van der Waals surface area contributed by atoms with Crippen LogP contribution in [0.3, 0.4) is 0 Å². The van der Waals surface area contributed by atoms with Gasteiger partial charge in [0.05, 0.1) is 5.69 Å². The van der Waals surface area contributed by atoms with E-state index < -0.39 is 0 Å². The lowest BCUT2D eigenvalue weighted by Crippen LogP contribution is -2.49. The van der Waals surface area contributed by atoms with Crippen LogP contribution in [0.25, 0.3) is 0 Å². The van der Waals surface area contributed by atoms with Gasteiger partial charge in [-0.25, -0.2) is 4.79 Å². The Kier molecular flexibility index (Phi) is 5.13. The minimum atomic E-state index is -0.0685. The van der Waals surface area contributed by atoms with Gasteiger partial charge >= 0.3 is 6.03 Å². The summed E-state index contributed by atoms with van der Waals surface area (Å²) in [6, 6.07) is 7.94. The highest BCUT2D eigenvalue weighted by Crippen LogP contribution is 2.32. The molecule has 1 saturated heterocycles. The Bertz CT molecular complexity index is 856. The molecule has 0 aliphatic carbocycles. The van der Waals surface area contributed by atoms with Crippen molar-refractivity contribution in [2.24, 2.45) is 7.05 Å². The van der Waals surface area contributed by atoms with Gasteiger partial charge in [0.1, 0.15) is 5.82 Å². The first-order chi connectivity index (χ1) is 13.5. The maximum absolute atomic E-state index is 12.6. The molecule has 0 atom stereocenters. The van der Waals surface area contributed by atoms with Crippen LogP contribution in [-0.4, -0.2) is 58.6 Å². The number of carbonyl (C=O) groups is 1. The van der Waals surface area contributed by atoms with E-state index in [2.05, 4.69) is 35.2 Å². The summed E-state index contributed by atoms with van der Waals surface area (Å²) in [6.07, 6.45) is 0. The first kappa shape index (κ1) is 18.6. The van der Waals surface area contributed by atoms with Crippen LogP contribution in [0.5, 0.6) is 11.5 Å². The van der Waals surface area contributed by atoms with Crippen molar-refractivity contribution in [3.63, 3.8) is 0 Å². The van der Waals surface area contributed by atoms with Crippen LogP contribution in [0.2, 0.25) is 0 Å². The third-order valence-corrected chi connectivity index (χ3v) is 5.23. The van der Waals surface area contributed by atoms with Crippen molar-refractivity contribution in [3.8, 4) is 11.5 Å². The van der Waals surface area contributed by atoms with E-state index in [1.165, 1.54) is 5.56 Å². The number of anilines is 1. The summed E-state index contributed by atoms with van der Waals surface area (Å²) in [5, 5.41) is 7.43. The van der Waals surface area contributed by atoms with Gasteiger partial charge < -0.3 is 14.4 Å². The number of ether oxygens (including phenoxy) is 2. The van der Waals surface area contributed by atoms with Crippen molar-refractivity contribution in [2.45, 2.75) is 26.3 Å². The standard InChI is InChI=1S/C20H27N5O3/c1-14(2)16-11-19(23(3)22-16)21-20(26)25-8-6-24(7-9-25)12-15-4-5-17-18(10-15)28-13-27-17/h4-5,10-11,14H,6-9,12-13H2,1-3H3,(H,21,26). The predicted octanol–water partition coefficient (Wildman–Crippen LogP) is 2.62. The molecule has 4 rings (SSSR count). The molecule has 1 N–H and O–H groups in total. The SMILES string of the molecule is CC(C)c1cc(NC(=O)N2CCN(Cc3ccc4c(c3)OCO4)CC2)n(C)n1. The average molecular weight is 385 g/mol. The van der Waals surface area contributed by atoms with Crippen molar-refractivity contribution in [1.29, 1.82) is 0 Å². The number of piperazine rings is 1. The first-order valence-corrected chi connectivity index (χ1v) is 9.70. The second-order valence-corrected chi connectivity index (χ2v) is 7.61. The van der Waals surface area contributed by atoms with Crippen molar-refractivity contribution >= 4 is 11.8 Å². The highest BCUT2D eigenvalue weighted by Gasteiger charge is 2.23. The van der Waals surface area contributed by atoms with E-state index in [-0.39, 0.29) is 6.03 Å². The largest absolute Gasteiger partial charge is 0.454 e. The van der Waals surface area contributed by atoms with Crippen molar-refractivity contribution in [1.82, 2.24) is 19.6 Å². The molecule has 2 aromatic rings. The molecule has 8 nitrogen and oxygen atoms in total. The second kappa shape index (κ2) is 7.71. The molecule has 0 spiro atoms. The fourth-order valence-electron chi connectivity index (χ4n) is 3.48. The van der Waals surface area contributed by atoms with E-state index in [1.807, 2.05) is 30.1 Å². The Morgan fingerprint density at radius 1 is 1.14 bits per heavy atom. The molecule has 8 heteroatoms. The van der Waals surface area contributed by atoms with Gasteiger partial charge in [0, 0.05) is 45.8 Å². The number of rotatable bonds is 4. The van der Waals surface area contributed by atoms with Crippen LogP contribution in [-0.2, 0) is 13.6 Å². The van der Waals surface area contributed by atoms with Gasteiger partial charge in [0.2, 0.25) is 6.79 Å². The van der Waals surface area contributed by atoms with Crippen molar-refractivity contribution < 1.29 is 14.3 Å². The van der Waals surface area contributed by atoms with E-state index in [9.17, 15) is 4.79 Å². The zero-order chi connectivity index (χ0) is 19.7. The molecule has 0 saturated carbocycles. The summed E-state index contributed by atoms with van der Waals surface area (Å²) in [6.45, 7) is 8.39. The van der Waals surface area contributed by atoms with Crippen LogP contribution < -0.4 is 14.8 Å². The molecular formula is C20H27N5O3. The van der Waals surface area contributed by atoms with Gasteiger partial charge in [-0.3, -0.25) is 14.9 Å². The first-order valence-electron chi connectivity index (χ1n) is 9.70. The summed E-state index contributed by atoms with van der Waals surface area (Å²) in [5.74, 6) is 2.68. The number of hydrogen-bond donors (Lipinski definition) is 1. The fraction of sp³-hybridized carbons (Fsp3) is 0.500. The number of nitrogens with one attached hydrogen (secondary N) is 1. The van der Waals surface area contributed by atoms with E-state index in [1.54, 1.807) is 4.68 Å². The zero-order valence-corrected chi connectivity index (χ0v) is 16.6. The molecule has 0 bridgehead atoms. The Balaban J connectivity index is 1.29. The number of urea groups is 1. The summed E-state index contributed by atoms with van der Waals surface area (Å²) in [5.41, 5.74) is 2.17. The van der Waals surface area contributed by atoms with Crippen LogP contribution in [0.1, 0.15) is 31.0 Å². The number of amides is 2. The monoisotopic (exact) mass is 385 g/mol. The molecule has 2 aliphatic rings. The van der Waals surface area contributed by atoms with E-state index in [0.717, 1.165) is 42.6 Å². The molecule has 150 valence electrons. The predicted molar refractivity (Wildman–Crippen MR) is 106 cm³/mol. The van der Waals surface area contributed by atoms with Crippen LogP contribution in [0, 0.1) is 0 Å². The zero-order valence-electron chi connectivity index (χ0n) is 16.6. The van der Waals surface area contributed by atoms with E-state index in [4.69, 9.17) is 9.47 Å². The molecular weight excluding hydrogens is 358 g/mol. The van der Waals surface area contributed by atoms with Crippen molar-refractivity contribution in [2.75, 3.05) is 38.3 Å². The number of carbonyl (C=O) groups excluding carboxylic acids is 1. The fourth-order valence-corrected chi connectivity index (χ4v) is 3.48. The van der Waals surface area contributed by atoms with Crippen LogP contribution in [0.4, 0.5) is 10.6 Å². The molecule has 2 aliphatic heterocycles. The molecule has 1 fully saturated rings. The minimum Gasteiger partial charge on any atom is -0.454 e. The Hall–Kier alpha value is -2.74. The second-order valence-electron chi connectivity index (χ2n) is 7.61. The molecule has 3 heterocycles. The maximum atomic E-state index is 12.6. The van der Waals surface area contributed by atoms with Gasteiger partial charge in [-0.1, -0.05) is 19.9 Å². The van der Waals surface area contributed by atoms with Crippen LogP contribution in [0.15, 0.2) is 24.3 Å². The Morgan fingerprint density at radius 3 is 2.61 bits per heavy atom. The number of fused-ring (bicyclic) bond motifs is 1. The molecule has 1 aromatic carbocycles. The smallest absolute Gasteiger partial charge is 0.323 e. The van der Waals surface area contributed by atoms with E-state index in [0.29, 0.717) is 25.8 Å². The lowest BCUT2D eigenvalue weighted by atomic mass is 10.1. The number of aryl methyl sites for hydroxylation is 1. The summed E-state index contributed by atoms with van der Waals surface area (Å²) < 4.78 is 12.5. The molecule has 0 radical (unpaired) electrons. The summed E-state index contributed by atoms with van der Waals surface area (Å²) in [4.78, 5) is 16.8. The number of benzene rings is 1. The highest BCUT2D eigenvalue weighted by molar-refractivity contribution is 5.88. The van der Waals surface area contributed by atoms with Gasteiger partial charge in [-0.2, -0.15) is 5.10 Å². The molecule has 28 heavy (non-hydrogen) atoms. The van der Waals surface area contributed by atoms with Gasteiger partial charge in [-0.05, 0) is 23.6 Å². The number of hydrogen-bond acceptors (Lipinski definition) is 5. The number of aromatic nitrogens is 2. The molecule has 1 aromatic heterocycles. The lowest BCUT2D eigenvalue weighted by molar-refractivity contribution is 0.143. The lowest BCUT2D eigenvalue weighted by Gasteiger charge is -2.34. The van der Waals surface area contributed by atoms with Gasteiger partial charge in [0.15, 0.2) is 11.5 Å². The molecule has 2 amide bonds. The van der Waals surface area contributed by atoms with E-state index >= 15 is 0 Å². The van der Waals surface area contributed by atoms with Crippen molar-refractivity contribution in [3.05, 3.63) is 35.5 Å². The van der Waals surface area contributed by atoms with Crippen LogP contribution >= 0.6 is 0 Å². The molecule has 0 unspecified atom stereocenters. The minimum absolute atomic E-state index is 0.0685. The maximum Gasteiger partial charge on any atom is 0.323 e. The summed E-state index contributed by atoms with van der Waals surface area (Å²) >= 11 is 0. The Labute approximate surface area is 165 Å². The Morgan fingerprint density at radius 2 is 1.89 bits per heavy atom. The summed E-state index contributed by atoms with van der Waals surface area (Å²) in [7, 11) is 1.85. The van der Waals surface area contributed by atoms with Gasteiger partial charge in [0.25, 0.3) is 0 Å². The highest BCUT2D eigenvalue weighted by atomic mass is 16.7. The number of nitrogens with zero attached hydrogens (tertiary/aromatic N) is 4. The third-order valence-electron chi connectivity index (χ3n) is 5.23. The third kappa shape index (κ3) is 3.91.